The van der Waals surface area contributed by atoms with Gasteiger partial charge in [-0.15, -0.1) is 11.3 Å². The molecule has 2 rings (SSSR count). The second-order valence-electron chi connectivity index (χ2n) is 3.79. The van der Waals surface area contributed by atoms with Gasteiger partial charge in [-0.1, -0.05) is 18.2 Å². The lowest BCUT2D eigenvalue weighted by atomic mass is 10.2. The van der Waals surface area contributed by atoms with Gasteiger partial charge < -0.3 is 10.4 Å². The van der Waals surface area contributed by atoms with Gasteiger partial charge in [-0.05, 0) is 22.4 Å². The van der Waals surface area contributed by atoms with E-state index in [1.165, 1.54) is 4.70 Å². The van der Waals surface area contributed by atoms with Crippen LogP contribution in [0.25, 0.3) is 10.1 Å². The predicted octanol–water partition coefficient (Wildman–Crippen LogP) is 2.62. The second kappa shape index (κ2) is 5.53. The van der Waals surface area contributed by atoms with Crippen LogP contribution in [0.4, 0.5) is 8.78 Å². The number of alkyl halides is 2. The van der Waals surface area contributed by atoms with Crippen molar-refractivity contribution in [1.82, 2.24) is 5.32 Å². The highest BCUT2D eigenvalue weighted by Crippen LogP contribution is 2.25. The van der Waals surface area contributed by atoms with E-state index >= 15 is 0 Å². The molecule has 2 nitrogen and oxygen atoms in total. The van der Waals surface area contributed by atoms with Crippen molar-refractivity contribution in [2.75, 3.05) is 6.54 Å². The van der Waals surface area contributed by atoms with Crippen molar-refractivity contribution >= 4 is 21.4 Å². The van der Waals surface area contributed by atoms with Crippen LogP contribution in [0.2, 0.25) is 0 Å². The minimum atomic E-state index is -2.69. The Labute approximate surface area is 102 Å². The Morgan fingerprint density at radius 2 is 2.06 bits per heavy atom. The predicted molar refractivity (Wildman–Crippen MR) is 65.5 cm³/mol. The zero-order valence-corrected chi connectivity index (χ0v) is 9.88. The molecule has 17 heavy (non-hydrogen) atoms. The summed E-state index contributed by atoms with van der Waals surface area (Å²) in [4.78, 5) is 0. The van der Waals surface area contributed by atoms with Crippen LogP contribution in [-0.2, 0) is 6.54 Å². The summed E-state index contributed by atoms with van der Waals surface area (Å²) >= 11 is 1.63. The maximum absolute atomic E-state index is 12.1. The van der Waals surface area contributed by atoms with E-state index in [4.69, 9.17) is 5.11 Å². The van der Waals surface area contributed by atoms with Crippen LogP contribution >= 0.6 is 11.3 Å². The average molecular weight is 257 g/mol. The van der Waals surface area contributed by atoms with Gasteiger partial charge in [0.2, 0.25) is 0 Å². The molecule has 92 valence electrons. The molecule has 0 aliphatic heterocycles. The first-order valence-corrected chi connectivity index (χ1v) is 6.18. The molecule has 1 heterocycles. The minimum absolute atomic E-state index is 0.0954. The summed E-state index contributed by atoms with van der Waals surface area (Å²) in [5, 5.41) is 14.9. The minimum Gasteiger partial charge on any atom is -0.386 e. The van der Waals surface area contributed by atoms with Crippen molar-refractivity contribution in [3.8, 4) is 0 Å². The second-order valence-corrected chi connectivity index (χ2v) is 4.70. The van der Waals surface area contributed by atoms with Crippen LogP contribution in [0.3, 0.4) is 0 Å². The van der Waals surface area contributed by atoms with Crippen molar-refractivity contribution in [2.24, 2.45) is 0 Å². The quantitative estimate of drug-likeness (QED) is 0.863. The molecule has 2 aromatic rings. The van der Waals surface area contributed by atoms with Crippen LogP contribution in [0, 0.1) is 0 Å². The fourth-order valence-corrected chi connectivity index (χ4v) is 2.58. The molecule has 0 aliphatic rings. The topological polar surface area (TPSA) is 32.3 Å². The number of thiophene rings is 1. The summed E-state index contributed by atoms with van der Waals surface area (Å²) in [5.41, 5.74) is 1.08. The molecule has 1 aromatic carbocycles. The molecule has 0 amide bonds. The molecule has 0 fully saturated rings. The van der Waals surface area contributed by atoms with E-state index in [1.807, 2.05) is 29.6 Å². The summed E-state index contributed by atoms with van der Waals surface area (Å²) in [6.07, 6.45) is -4.29. The lowest BCUT2D eigenvalue weighted by molar-refractivity contribution is -0.00339. The van der Waals surface area contributed by atoms with Gasteiger partial charge in [0.1, 0.15) is 6.10 Å². The molecule has 1 atom stereocenters. The molecule has 2 N–H and O–H groups in total. The van der Waals surface area contributed by atoms with Crippen LogP contribution in [0.1, 0.15) is 5.56 Å². The standard InChI is InChI=1S/C12H13F2NOS/c13-12(14)10(16)6-15-5-8-7-17-11-4-2-1-3-9(8)11/h1-4,7,10,12,15-16H,5-6H2. The van der Waals surface area contributed by atoms with Gasteiger partial charge in [0.25, 0.3) is 6.43 Å². The average Bonchev–Trinajstić information content (AvgIpc) is 2.72. The molecule has 1 unspecified atom stereocenters. The van der Waals surface area contributed by atoms with Gasteiger partial charge in [-0.3, -0.25) is 0 Å². The lowest BCUT2D eigenvalue weighted by Crippen LogP contribution is -2.31. The van der Waals surface area contributed by atoms with Crippen molar-refractivity contribution in [3.63, 3.8) is 0 Å². The molecule has 0 saturated carbocycles. The Hall–Kier alpha value is -1.04. The number of aliphatic hydroxyl groups excluding tert-OH is 1. The van der Waals surface area contributed by atoms with Gasteiger partial charge in [0.05, 0.1) is 0 Å². The van der Waals surface area contributed by atoms with Gasteiger partial charge >= 0.3 is 0 Å². The third-order valence-corrected chi connectivity index (χ3v) is 3.53. The molecule has 0 aliphatic carbocycles. The summed E-state index contributed by atoms with van der Waals surface area (Å²) in [5.74, 6) is 0. The normalized spacial score (nSPS) is 13.4. The fourth-order valence-electron chi connectivity index (χ4n) is 1.61. The van der Waals surface area contributed by atoms with Crippen molar-refractivity contribution in [1.29, 1.82) is 0 Å². The van der Waals surface area contributed by atoms with Crippen molar-refractivity contribution < 1.29 is 13.9 Å². The van der Waals surface area contributed by atoms with E-state index in [2.05, 4.69) is 5.32 Å². The smallest absolute Gasteiger partial charge is 0.265 e. The summed E-state index contributed by atoms with van der Waals surface area (Å²) in [6, 6.07) is 7.95. The van der Waals surface area contributed by atoms with E-state index < -0.39 is 12.5 Å². The van der Waals surface area contributed by atoms with Crippen LogP contribution in [0.5, 0.6) is 0 Å². The van der Waals surface area contributed by atoms with Gasteiger partial charge in [0, 0.05) is 17.8 Å². The summed E-state index contributed by atoms with van der Waals surface area (Å²) < 4.78 is 25.3. The van der Waals surface area contributed by atoms with Crippen molar-refractivity contribution in [3.05, 3.63) is 35.2 Å². The number of aliphatic hydroxyl groups is 1. The highest BCUT2D eigenvalue weighted by Gasteiger charge is 2.15. The number of fused-ring (bicyclic) bond motifs is 1. The van der Waals surface area contributed by atoms with E-state index in [1.54, 1.807) is 11.3 Å². The maximum Gasteiger partial charge on any atom is 0.265 e. The molecular weight excluding hydrogens is 244 g/mol. The summed E-state index contributed by atoms with van der Waals surface area (Å²) in [6.45, 7) is 0.398. The Bertz CT molecular complexity index is 486. The van der Waals surface area contributed by atoms with Gasteiger partial charge in [-0.25, -0.2) is 8.78 Å². The van der Waals surface area contributed by atoms with Crippen LogP contribution in [-0.4, -0.2) is 24.2 Å². The molecule has 5 heteroatoms. The zero-order chi connectivity index (χ0) is 12.3. The first-order chi connectivity index (χ1) is 8.18. The molecule has 0 saturated heterocycles. The number of benzene rings is 1. The largest absolute Gasteiger partial charge is 0.386 e. The van der Waals surface area contributed by atoms with Crippen LogP contribution < -0.4 is 5.32 Å². The van der Waals surface area contributed by atoms with E-state index in [0.717, 1.165) is 10.9 Å². The monoisotopic (exact) mass is 257 g/mol. The number of nitrogens with one attached hydrogen (secondary N) is 1. The molecule has 1 aromatic heterocycles. The van der Waals surface area contributed by atoms with Gasteiger partial charge in [0.15, 0.2) is 0 Å². The van der Waals surface area contributed by atoms with E-state index in [0.29, 0.717) is 6.54 Å². The highest BCUT2D eigenvalue weighted by molar-refractivity contribution is 7.17. The number of hydrogen-bond donors (Lipinski definition) is 2. The zero-order valence-electron chi connectivity index (χ0n) is 9.07. The molecular formula is C12H13F2NOS. The van der Waals surface area contributed by atoms with Crippen LogP contribution in [0.15, 0.2) is 29.6 Å². The number of rotatable bonds is 5. The lowest BCUT2D eigenvalue weighted by Gasteiger charge is -2.10. The molecule has 0 bridgehead atoms. The van der Waals surface area contributed by atoms with E-state index in [-0.39, 0.29) is 6.54 Å². The third kappa shape index (κ3) is 3.00. The number of hydrogen-bond acceptors (Lipinski definition) is 3. The summed E-state index contributed by atoms with van der Waals surface area (Å²) in [7, 11) is 0. The molecule has 0 spiro atoms. The van der Waals surface area contributed by atoms with Crippen molar-refractivity contribution in [2.45, 2.75) is 19.1 Å². The first-order valence-electron chi connectivity index (χ1n) is 5.30. The Morgan fingerprint density at radius 1 is 1.29 bits per heavy atom. The highest BCUT2D eigenvalue weighted by atomic mass is 32.1. The third-order valence-electron chi connectivity index (χ3n) is 2.52. The Kier molecular flexibility index (Phi) is 4.04. The Balaban J connectivity index is 1.95. The Morgan fingerprint density at radius 3 is 2.82 bits per heavy atom. The SMILES string of the molecule is OC(CNCc1csc2ccccc12)C(F)F. The first kappa shape index (κ1) is 12.4. The fraction of sp³-hybridized carbons (Fsp3) is 0.333. The maximum atomic E-state index is 12.1. The number of halogens is 2. The van der Waals surface area contributed by atoms with E-state index in [9.17, 15) is 8.78 Å². The van der Waals surface area contributed by atoms with Gasteiger partial charge in [-0.2, -0.15) is 0 Å². The molecule has 0 radical (unpaired) electrons.